The van der Waals surface area contributed by atoms with Crippen molar-refractivity contribution in [3.05, 3.63) is 45.1 Å². The molecule has 144 valence electrons. The quantitative estimate of drug-likeness (QED) is 0.553. The fourth-order valence-electron chi connectivity index (χ4n) is 2.96. The normalized spacial score (nSPS) is 12.4. The lowest BCUT2D eigenvalue weighted by Crippen LogP contribution is -2.38. The van der Waals surface area contributed by atoms with E-state index in [1.165, 1.54) is 5.56 Å². The lowest BCUT2D eigenvalue weighted by molar-refractivity contribution is -0.121. The van der Waals surface area contributed by atoms with Crippen LogP contribution >= 0.6 is 22.7 Å². The second-order valence-corrected chi connectivity index (χ2v) is 7.67. The summed E-state index contributed by atoms with van der Waals surface area (Å²) < 4.78 is 5.63. The molecule has 3 aromatic rings. The predicted octanol–water partition coefficient (Wildman–Crippen LogP) is 3.99. The number of nitrogens with one attached hydrogen (secondary N) is 1. The number of likely N-dealkylation sites (N-methyl/N-ethyl adjacent to an activating group) is 1. The molecule has 0 aromatic carbocycles. The molecule has 0 aliphatic rings. The van der Waals surface area contributed by atoms with Crippen molar-refractivity contribution in [2.24, 2.45) is 0 Å². The van der Waals surface area contributed by atoms with Crippen LogP contribution in [0, 0.1) is 0 Å². The van der Waals surface area contributed by atoms with Gasteiger partial charge >= 0.3 is 0 Å². The SMILES string of the molecule is CCN(CC)C(CNC(=O)CCc1nnc(-c2ccsc2)o1)c1ccsc1. The number of carbonyl (C=O) groups is 1. The monoisotopic (exact) mass is 404 g/mol. The number of thiophene rings is 2. The summed E-state index contributed by atoms with van der Waals surface area (Å²) >= 11 is 3.26. The number of amides is 1. The van der Waals surface area contributed by atoms with Crippen LogP contribution < -0.4 is 5.32 Å². The number of aromatic nitrogens is 2. The Kier molecular flexibility index (Phi) is 7.14. The van der Waals surface area contributed by atoms with Gasteiger partial charge < -0.3 is 9.73 Å². The Morgan fingerprint density at radius 3 is 2.63 bits per heavy atom. The molecule has 1 unspecified atom stereocenters. The molecule has 0 spiro atoms. The van der Waals surface area contributed by atoms with E-state index in [4.69, 9.17) is 4.42 Å². The van der Waals surface area contributed by atoms with Crippen molar-refractivity contribution in [1.82, 2.24) is 20.4 Å². The number of aryl methyl sites for hydroxylation is 1. The number of hydrogen-bond acceptors (Lipinski definition) is 7. The number of rotatable bonds is 10. The first kappa shape index (κ1) is 19.7. The van der Waals surface area contributed by atoms with Gasteiger partial charge in [0.15, 0.2) is 0 Å². The zero-order chi connectivity index (χ0) is 19.1. The molecular weight excluding hydrogens is 380 g/mol. The molecule has 3 aromatic heterocycles. The summed E-state index contributed by atoms with van der Waals surface area (Å²) in [5, 5.41) is 19.3. The molecule has 1 amide bonds. The van der Waals surface area contributed by atoms with Gasteiger partial charge in [-0.05, 0) is 46.9 Å². The van der Waals surface area contributed by atoms with Gasteiger partial charge in [-0.25, -0.2) is 0 Å². The molecular formula is C19H24N4O2S2. The van der Waals surface area contributed by atoms with Crippen LogP contribution in [0.2, 0.25) is 0 Å². The van der Waals surface area contributed by atoms with Crippen molar-refractivity contribution in [3.8, 4) is 11.5 Å². The van der Waals surface area contributed by atoms with Crippen LogP contribution in [-0.4, -0.2) is 40.6 Å². The Balaban J connectivity index is 1.51. The Labute approximate surface area is 167 Å². The van der Waals surface area contributed by atoms with E-state index in [1.807, 2.05) is 16.8 Å². The van der Waals surface area contributed by atoms with Gasteiger partial charge in [-0.15, -0.1) is 10.2 Å². The van der Waals surface area contributed by atoms with Gasteiger partial charge in [0, 0.05) is 30.3 Å². The van der Waals surface area contributed by atoms with Crippen molar-refractivity contribution >= 4 is 28.6 Å². The molecule has 1 atom stereocenters. The van der Waals surface area contributed by atoms with Gasteiger partial charge in [0.05, 0.1) is 6.04 Å². The highest BCUT2D eigenvalue weighted by Gasteiger charge is 2.19. The molecule has 1 N–H and O–H groups in total. The van der Waals surface area contributed by atoms with Gasteiger partial charge in [-0.2, -0.15) is 22.7 Å². The third-order valence-corrected chi connectivity index (χ3v) is 5.86. The standard InChI is InChI=1S/C19H24N4O2S2/c1-3-23(4-2)16(14-7-9-26-12-14)11-20-17(24)5-6-18-21-22-19(25-18)15-8-10-27-13-15/h7-10,12-13,16H,3-6,11H2,1-2H3,(H,20,24). The van der Waals surface area contributed by atoms with E-state index < -0.39 is 0 Å². The molecule has 0 saturated carbocycles. The lowest BCUT2D eigenvalue weighted by Gasteiger charge is -2.29. The molecule has 3 rings (SSSR count). The van der Waals surface area contributed by atoms with Crippen molar-refractivity contribution < 1.29 is 9.21 Å². The smallest absolute Gasteiger partial charge is 0.248 e. The third kappa shape index (κ3) is 5.24. The van der Waals surface area contributed by atoms with Gasteiger partial charge in [-0.3, -0.25) is 9.69 Å². The summed E-state index contributed by atoms with van der Waals surface area (Å²) in [6.45, 7) is 6.78. The molecule has 8 heteroatoms. The van der Waals surface area contributed by atoms with Crippen LogP contribution in [-0.2, 0) is 11.2 Å². The molecule has 0 radical (unpaired) electrons. The van der Waals surface area contributed by atoms with Gasteiger partial charge in [0.25, 0.3) is 0 Å². The molecule has 0 saturated heterocycles. The first-order valence-electron chi connectivity index (χ1n) is 9.09. The first-order chi connectivity index (χ1) is 13.2. The van der Waals surface area contributed by atoms with Crippen molar-refractivity contribution in [1.29, 1.82) is 0 Å². The van der Waals surface area contributed by atoms with Gasteiger partial charge in [0.1, 0.15) is 0 Å². The first-order valence-corrected chi connectivity index (χ1v) is 11.0. The van der Waals surface area contributed by atoms with Crippen molar-refractivity contribution in [2.45, 2.75) is 32.7 Å². The van der Waals surface area contributed by atoms with Crippen molar-refractivity contribution in [3.63, 3.8) is 0 Å². The highest BCUT2D eigenvalue weighted by Crippen LogP contribution is 2.23. The summed E-state index contributed by atoms with van der Waals surface area (Å²) in [7, 11) is 0. The van der Waals surface area contributed by atoms with Crippen LogP contribution in [0.4, 0.5) is 0 Å². The summed E-state index contributed by atoms with van der Waals surface area (Å²) in [5.41, 5.74) is 2.17. The minimum atomic E-state index is -0.00216. The predicted molar refractivity (Wildman–Crippen MR) is 109 cm³/mol. The van der Waals surface area contributed by atoms with Crippen LogP contribution in [0.3, 0.4) is 0 Å². The Hall–Kier alpha value is -2.03. The Bertz CT molecular complexity index is 811. The number of nitrogens with zero attached hydrogens (tertiary/aromatic N) is 3. The third-order valence-electron chi connectivity index (χ3n) is 4.47. The largest absolute Gasteiger partial charge is 0.421 e. The summed E-state index contributed by atoms with van der Waals surface area (Å²) in [6, 6.07) is 4.26. The number of carbonyl (C=O) groups excluding carboxylic acids is 1. The average Bonchev–Trinajstić information content (AvgIpc) is 3.44. The van der Waals surface area contributed by atoms with E-state index in [2.05, 4.69) is 51.1 Å². The van der Waals surface area contributed by atoms with Crippen molar-refractivity contribution in [2.75, 3.05) is 19.6 Å². The molecule has 27 heavy (non-hydrogen) atoms. The van der Waals surface area contributed by atoms with E-state index in [0.717, 1.165) is 18.7 Å². The molecule has 3 heterocycles. The molecule has 0 bridgehead atoms. The topological polar surface area (TPSA) is 71.3 Å². The Morgan fingerprint density at radius 2 is 1.96 bits per heavy atom. The van der Waals surface area contributed by atoms with Crippen LogP contribution in [0.15, 0.2) is 38.1 Å². The fourth-order valence-corrected chi connectivity index (χ4v) is 4.30. The van der Waals surface area contributed by atoms with E-state index in [1.54, 1.807) is 22.7 Å². The minimum Gasteiger partial charge on any atom is -0.421 e. The average molecular weight is 405 g/mol. The zero-order valence-electron chi connectivity index (χ0n) is 15.6. The van der Waals surface area contributed by atoms with Crippen LogP contribution in [0.25, 0.3) is 11.5 Å². The maximum absolute atomic E-state index is 12.3. The number of hydrogen-bond donors (Lipinski definition) is 1. The molecule has 0 fully saturated rings. The van der Waals surface area contributed by atoms with E-state index >= 15 is 0 Å². The molecule has 0 aliphatic heterocycles. The lowest BCUT2D eigenvalue weighted by atomic mass is 10.1. The summed E-state index contributed by atoms with van der Waals surface area (Å²) in [5.74, 6) is 0.993. The summed E-state index contributed by atoms with van der Waals surface area (Å²) in [4.78, 5) is 14.7. The van der Waals surface area contributed by atoms with Gasteiger partial charge in [0.2, 0.25) is 17.7 Å². The van der Waals surface area contributed by atoms with Gasteiger partial charge in [-0.1, -0.05) is 13.8 Å². The van der Waals surface area contributed by atoms with E-state index in [9.17, 15) is 4.79 Å². The second-order valence-electron chi connectivity index (χ2n) is 6.11. The molecule has 6 nitrogen and oxygen atoms in total. The maximum atomic E-state index is 12.3. The molecule has 0 aliphatic carbocycles. The maximum Gasteiger partial charge on any atom is 0.248 e. The van der Waals surface area contributed by atoms with E-state index in [0.29, 0.717) is 31.2 Å². The fraction of sp³-hybridized carbons (Fsp3) is 0.421. The minimum absolute atomic E-state index is 0.00216. The highest BCUT2D eigenvalue weighted by atomic mass is 32.1. The van der Waals surface area contributed by atoms with E-state index in [-0.39, 0.29) is 11.9 Å². The summed E-state index contributed by atoms with van der Waals surface area (Å²) in [6.07, 6.45) is 0.775. The highest BCUT2D eigenvalue weighted by molar-refractivity contribution is 7.08. The van der Waals surface area contributed by atoms with Crippen LogP contribution in [0.5, 0.6) is 0 Å². The second kappa shape index (κ2) is 9.77. The van der Waals surface area contributed by atoms with Crippen LogP contribution in [0.1, 0.15) is 37.8 Å². The Morgan fingerprint density at radius 1 is 1.19 bits per heavy atom. The zero-order valence-corrected chi connectivity index (χ0v) is 17.2.